The molecule has 1 aliphatic carbocycles. The minimum Gasteiger partial charge on any atom is -0.481 e. The van der Waals surface area contributed by atoms with Crippen molar-refractivity contribution in [2.24, 2.45) is 0 Å². The van der Waals surface area contributed by atoms with Crippen molar-refractivity contribution >= 4 is 32.8 Å². The number of hydrogen-bond acceptors (Lipinski definition) is 2. The summed E-state index contributed by atoms with van der Waals surface area (Å²) in [7, 11) is 0. The second-order valence-corrected chi connectivity index (χ2v) is 5.51. The Morgan fingerprint density at radius 1 is 1.33 bits per heavy atom. The van der Waals surface area contributed by atoms with Gasteiger partial charge >= 0.3 is 5.97 Å². The van der Waals surface area contributed by atoms with Gasteiger partial charge in [-0.05, 0) is 40.9 Å². The maximum atomic E-state index is 11.5. The molecule has 0 amide bonds. The molecule has 0 spiro atoms. The number of nitrogens with zero attached hydrogens (tertiary/aromatic N) is 1. The molecule has 1 aromatic carbocycles. The number of fused-ring (bicyclic) bond motifs is 1. The number of aromatic nitrogens is 1. The molecule has 0 unspecified atom stereocenters. The maximum Gasteiger partial charge on any atom is 0.314 e. The Balaban J connectivity index is 2.23. The summed E-state index contributed by atoms with van der Waals surface area (Å²) in [6.07, 6.45) is 2.35. The topological polar surface area (TPSA) is 50.2 Å². The van der Waals surface area contributed by atoms with E-state index in [1.807, 2.05) is 30.3 Å². The molecule has 1 N–H and O–H groups in total. The van der Waals surface area contributed by atoms with E-state index in [1.165, 1.54) is 0 Å². The maximum absolute atomic E-state index is 11.5. The summed E-state index contributed by atoms with van der Waals surface area (Å²) < 4.78 is 0.656. The molecule has 3 rings (SSSR count). The van der Waals surface area contributed by atoms with Gasteiger partial charge in [0.15, 0.2) is 0 Å². The zero-order valence-corrected chi connectivity index (χ0v) is 11.3. The lowest BCUT2D eigenvalue weighted by atomic mass is 9.65. The standard InChI is InChI=1S/C14H12BrNO2/c15-12-10(14(13(17)18)6-3-7-14)8-9-4-1-2-5-11(9)16-12/h1-2,4-5,8H,3,6-7H2,(H,17,18). The lowest BCUT2D eigenvalue weighted by Crippen LogP contribution is -2.42. The van der Waals surface area contributed by atoms with E-state index >= 15 is 0 Å². The Hall–Kier alpha value is -1.42. The smallest absolute Gasteiger partial charge is 0.314 e. The second kappa shape index (κ2) is 4.05. The third-order valence-corrected chi connectivity index (χ3v) is 4.41. The minimum atomic E-state index is -0.744. The lowest BCUT2D eigenvalue weighted by molar-refractivity contribution is -0.147. The van der Waals surface area contributed by atoms with Crippen LogP contribution >= 0.6 is 15.9 Å². The summed E-state index contributed by atoms with van der Waals surface area (Å²) in [6, 6.07) is 9.72. The second-order valence-electron chi connectivity index (χ2n) is 4.76. The van der Waals surface area contributed by atoms with Gasteiger partial charge in [-0.25, -0.2) is 4.98 Å². The molecular weight excluding hydrogens is 294 g/mol. The molecule has 1 fully saturated rings. The van der Waals surface area contributed by atoms with Gasteiger partial charge in [0.05, 0.1) is 10.9 Å². The van der Waals surface area contributed by atoms with Crippen LogP contribution in [0.4, 0.5) is 0 Å². The van der Waals surface area contributed by atoms with Crippen molar-refractivity contribution in [3.05, 3.63) is 40.5 Å². The number of carboxylic acid groups (broad SMARTS) is 1. The fraction of sp³-hybridized carbons (Fsp3) is 0.286. The fourth-order valence-corrected chi connectivity index (χ4v) is 3.24. The van der Waals surface area contributed by atoms with Crippen LogP contribution in [0.15, 0.2) is 34.9 Å². The molecule has 4 heteroatoms. The average Bonchev–Trinajstić information content (AvgIpc) is 2.27. The third kappa shape index (κ3) is 1.56. The summed E-state index contributed by atoms with van der Waals surface area (Å²) in [5, 5.41) is 10.5. The quantitative estimate of drug-likeness (QED) is 0.864. The number of aliphatic carboxylic acids is 1. The van der Waals surface area contributed by atoms with Crippen LogP contribution in [0.3, 0.4) is 0 Å². The monoisotopic (exact) mass is 305 g/mol. The highest BCUT2D eigenvalue weighted by Gasteiger charge is 2.47. The van der Waals surface area contributed by atoms with Crippen LogP contribution in [-0.2, 0) is 10.2 Å². The summed E-state index contributed by atoms with van der Waals surface area (Å²) in [5.74, 6) is -0.744. The largest absolute Gasteiger partial charge is 0.481 e. The number of halogens is 1. The molecule has 1 aromatic heterocycles. The van der Waals surface area contributed by atoms with Crippen molar-refractivity contribution in [1.29, 1.82) is 0 Å². The molecule has 1 aliphatic rings. The summed E-state index contributed by atoms with van der Waals surface area (Å²) in [5.41, 5.74) is 0.948. The Labute approximate surface area is 113 Å². The van der Waals surface area contributed by atoms with E-state index in [2.05, 4.69) is 20.9 Å². The fourth-order valence-electron chi connectivity index (χ4n) is 2.56. The van der Waals surface area contributed by atoms with E-state index in [9.17, 15) is 9.90 Å². The van der Waals surface area contributed by atoms with Gasteiger partial charge in [0.2, 0.25) is 0 Å². The number of carboxylic acids is 1. The number of rotatable bonds is 2. The average molecular weight is 306 g/mol. The van der Waals surface area contributed by atoms with E-state index in [1.54, 1.807) is 0 Å². The van der Waals surface area contributed by atoms with E-state index in [0.717, 1.165) is 22.9 Å². The molecule has 0 aliphatic heterocycles. The number of pyridine rings is 1. The van der Waals surface area contributed by atoms with Gasteiger partial charge in [-0.2, -0.15) is 0 Å². The molecule has 0 bridgehead atoms. The van der Waals surface area contributed by atoms with Crippen LogP contribution in [0.2, 0.25) is 0 Å². The molecule has 1 heterocycles. The Morgan fingerprint density at radius 2 is 2.06 bits per heavy atom. The van der Waals surface area contributed by atoms with E-state index in [4.69, 9.17) is 0 Å². The van der Waals surface area contributed by atoms with Crippen LogP contribution in [0.1, 0.15) is 24.8 Å². The third-order valence-electron chi connectivity index (χ3n) is 3.81. The first-order valence-corrected chi connectivity index (χ1v) is 6.72. The highest BCUT2D eigenvalue weighted by molar-refractivity contribution is 9.10. The van der Waals surface area contributed by atoms with Crippen LogP contribution in [0.25, 0.3) is 10.9 Å². The van der Waals surface area contributed by atoms with Crippen LogP contribution in [0, 0.1) is 0 Å². The van der Waals surface area contributed by atoms with Crippen molar-refractivity contribution in [2.45, 2.75) is 24.7 Å². The Kier molecular flexibility index (Phi) is 2.63. The highest BCUT2D eigenvalue weighted by atomic mass is 79.9. The molecule has 2 aromatic rings. The van der Waals surface area contributed by atoms with Crippen LogP contribution in [-0.4, -0.2) is 16.1 Å². The van der Waals surface area contributed by atoms with Gasteiger partial charge < -0.3 is 5.11 Å². The van der Waals surface area contributed by atoms with Crippen molar-refractivity contribution in [2.75, 3.05) is 0 Å². The SMILES string of the molecule is O=C(O)C1(c2cc3ccccc3nc2Br)CCC1. The van der Waals surface area contributed by atoms with E-state index in [0.29, 0.717) is 17.4 Å². The molecule has 0 saturated heterocycles. The molecule has 3 nitrogen and oxygen atoms in total. The van der Waals surface area contributed by atoms with Gasteiger partial charge in [0.25, 0.3) is 0 Å². The zero-order valence-electron chi connectivity index (χ0n) is 9.69. The van der Waals surface area contributed by atoms with Crippen LogP contribution < -0.4 is 0 Å². The predicted molar refractivity (Wildman–Crippen MR) is 72.6 cm³/mol. The number of benzene rings is 1. The van der Waals surface area contributed by atoms with Gasteiger partial charge in [-0.1, -0.05) is 24.6 Å². The first kappa shape index (κ1) is 11.7. The van der Waals surface area contributed by atoms with Crippen molar-refractivity contribution < 1.29 is 9.90 Å². The molecule has 0 atom stereocenters. The molecule has 92 valence electrons. The molecule has 1 saturated carbocycles. The number of hydrogen-bond donors (Lipinski definition) is 1. The minimum absolute atomic E-state index is 0.656. The van der Waals surface area contributed by atoms with E-state index < -0.39 is 11.4 Å². The van der Waals surface area contributed by atoms with Gasteiger partial charge in [0.1, 0.15) is 4.60 Å². The predicted octanol–water partition coefficient (Wildman–Crippen LogP) is 3.50. The van der Waals surface area contributed by atoms with E-state index in [-0.39, 0.29) is 0 Å². The molecule has 18 heavy (non-hydrogen) atoms. The number of para-hydroxylation sites is 1. The Morgan fingerprint density at radius 3 is 2.67 bits per heavy atom. The van der Waals surface area contributed by atoms with Gasteiger partial charge in [-0.15, -0.1) is 0 Å². The normalized spacial score (nSPS) is 17.4. The summed E-state index contributed by atoms with van der Waals surface area (Å²) >= 11 is 3.42. The summed E-state index contributed by atoms with van der Waals surface area (Å²) in [4.78, 5) is 16.0. The van der Waals surface area contributed by atoms with Crippen molar-refractivity contribution in [3.63, 3.8) is 0 Å². The first-order valence-electron chi connectivity index (χ1n) is 5.93. The highest BCUT2D eigenvalue weighted by Crippen LogP contribution is 2.46. The van der Waals surface area contributed by atoms with Crippen molar-refractivity contribution in [1.82, 2.24) is 4.98 Å². The lowest BCUT2D eigenvalue weighted by Gasteiger charge is -2.38. The van der Waals surface area contributed by atoms with Crippen LogP contribution in [0.5, 0.6) is 0 Å². The van der Waals surface area contributed by atoms with Crippen molar-refractivity contribution in [3.8, 4) is 0 Å². The van der Waals surface area contributed by atoms with Gasteiger partial charge in [0, 0.05) is 10.9 Å². The first-order chi connectivity index (χ1) is 8.63. The number of carbonyl (C=O) groups is 1. The molecule has 0 radical (unpaired) electrons. The Bertz CT molecular complexity index is 635. The summed E-state index contributed by atoms with van der Waals surface area (Å²) in [6.45, 7) is 0. The zero-order chi connectivity index (χ0) is 12.8. The van der Waals surface area contributed by atoms with Gasteiger partial charge in [-0.3, -0.25) is 4.79 Å². The molecular formula is C14H12BrNO2.